The Labute approximate surface area is 139 Å². The predicted octanol–water partition coefficient (Wildman–Crippen LogP) is 2.68. The third-order valence-corrected chi connectivity index (χ3v) is 6.69. The Morgan fingerprint density at radius 1 is 1.26 bits per heavy atom. The smallest absolute Gasteiger partial charge is 0.241 e. The van der Waals surface area contributed by atoms with Gasteiger partial charge in [0.05, 0.1) is 17.1 Å². The summed E-state index contributed by atoms with van der Waals surface area (Å²) in [5, 5.41) is 0. The summed E-state index contributed by atoms with van der Waals surface area (Å²) in [6.45, 7) is 5.38. The number of hydrogen-bond acceptors (Lipinski definition) is 4. The molecule has 3 rings (SSSR count). The lowest BCUT2D eigenvalue weighted by atomic mass is 9.87. The number of benzene rings is 1. The average Bonchev–Trinajstić information content (AvgIpc) is 2.50. The molecule has 0 radical (unpaired) electrons. The maximum Gasteiger partial charge on any atom is 0.241 e. The van der Waals surface area contributed by atoms with Crippen LogP contribution in [-0.2, 0) is 10.0 Å². The Balaban J connectivity index is 1.90. The monoisotopic (exact) mass is 338 g/mol. The normalized spacial score (nSPS) is 24.9. The van der Waals surface area contributed by atoms with Crippen LogP contribution in [0.3, 0.4) is 0 Å². The molecule has 1 fully saturated rings. The van der Waals surface area contributed by atoms with Crippen molar-refractivity contribution in [3.05, 3.63) is 17.7 Å². The number of likely N-dealkylation sites (N-methyl/N-ethyl adjacent to an activating group) is 1. The van der Waals surface area contributed by atoms with Gasteiger partial charge in [-0.15, -0.1) is 0 Å². The highest BCUT2D eigenvalue weighted by Crippen LogP contribution is 2.35. The van der Waals surface area contributed by atoms with Gasteiger partial charge < -0.3 is 9.64 Å². The van der Waals surface area contributed by atoms with Gasteiger partial charge >= 0.3 is 0 Å². The van der Waals surface area contributed by atoms with Crippen LogP contribution in [0.1, 0.15) is 38.2 Å². The standard InChI is InChI=1S/C17H26N2O3S/c1-12-6-4-5-7-14(12)18-23(20,21)17-11-16-15(10-13(17)2)19(3)8-9-22-16/h10-12,14,18H,4-9H2,1-3H3/t12-,14-/m1/s1. The number of sulfonamides is 1. The Bertz CT molecular complexity index is 687. The first-order valence-electron chi connectivity index (χ1n) is 8.39. The maximum atomic E-state index is 12.9. The zero-order valence-electron chi connectivity index (χ0n) is 14.1. The highest BCUT2D eigenvalue weighted by molar-refractivity contribution is 7.89. The minimum atomic E-state index is -3.52. The molecule has 0 amide bonds. The summed E-state index contributed by atoms with van der Waals surface area (Å²) in [6.07, 6.45) is 4.29. The second-order valence-corrected chi connectivity index (χ2v) is 8.53. The minimum absolute atomic E-state index is 0.0350. The largest absolute Gasteiger partial charge is 0.490 e. The van der Waals surface area contributed by atoms with E-state index in [2.05, 4.69) is 16.5 Å². The van der Waals surface area contributed by atoms with E-state index in [-0.39, 0.29) is 6.04 Å². The SMILES string of the molecule is Cc1cc2c(cc1S(=O)(=O)N[C@@H]1CCCC[C@H]1C)OCCN2C. The van der Waals surface area contributed by atoms with Crippen LogP contribution in [0.2, 0.25) is 0 Å². The van der Waals surface area contributed by atoms with Crippen LogP contribution < -0.4 is 14.4 Å². The Hall–Kier alpha value is -1.27. The predicted molar refractivity (Wildman–Crippen MR) is 91.7 cm³/mol. The third-order valence-electron chi connectivity index (χ3n) is 5.06. The van der Waals surface area contributed by atoms with Crippen molar-refractivity contribution in [2.75, 3.05) is 25.1 Å². The van der Waals surface area contributed by atoms with Crippen LogP contribution in [0, 0.1) is 12.8 Å². The number of hydrogen-bond donors (Lipinski definition) is 1. The Morgan fingerprint density at radius 2 is 2.00 bits per heavy atom. The van der Waals surface area contributed by atoms with Crippen molar-refractivity contribution in [2.24, 2.45) is 5.92 Å². The second kappa shape index (κ2) is 6.32. The van der Waals surface area contributed by atoms with Crippen molar-refractivity contribution in [3.63, 3.8) is 0 Å². The summed E-state index contributed by atoms with van der Waals surface area (Å²) in [5.74, 6) is 1.04. The van der Waals surface area contributed by atoms with Crippen molar-refractivity contribution < 1.29 is 13.2 Å². The molecule has 2 atom stereocenters. The van der Waals surface area contributed by atoms with E-state index >= 15 is 0 Å². The molecule has 23 heavy (non-hydrogen) atoms. The van der Waals surface area contributed by atoms with Gasteiger partial charge in [-0.05, 0) is 37.3 Å². The van der Waals surface area contributed by atoms with Crippen LogP contribution in [0.4, 0.5) is 5.69 Å². The average molecular weight is 338 g/mol. The van der Waals surface area contributed by atoms with Gasteiger partial charge in [0.1, 0.15) is 12.4 Å². The first-order valence-corrected chi connectivity index (χ1v) is 9.88. The zero-order chi connectivity index (χ0) is 16.6. The van der Waals surface area contributed by atoms with Crippen molar-refractivity contribution in [3.8, 4) is 5.75 Å². The number of nitrogens with zero attached hydrogens (tertiary/aromatic N) is 1. The first-order chi connectivity index (χ1) is 10.9. The number of aryl methyl sites for hydroxylation is 1. The molecule has 1 heterocycles. The number of anilines is 1. The Morgan fingerprint density at radius 3 is 2.74 bits per heavy atom. The van der Waals surface area contributed by atoms with Gasteiger partial charge in [0, 0.05) is 19.2 Å². The molecule has 128 valence electrons. The van der Waals surface area contributed by atoms with Crippen LogP contribution in [0.25, 0.3) is 0 Å². The fourth-order valence-corrected chi connectivity index (χ4v) is 5.15. The molecule has 2 aliphatic rings. The van der Waals surface area contributed by atoms with E-state index in [4.69, 9.17) is 4.74 Å². The van der Waals surface area contributed by atoms with Crippen LogP contribution in [-0.4, -0.2) is 34.7 Å². The van der Waals surface area contributed by atoms with Crippen LogP contribution in [0.15, 0.2) is 17.0 Å². The number of fused-ring (bicyclic) bond motifs is 1. The van der Waals surface area contributed by atoms with E-state index in [0.717, 1.165) is 37.1 Å². The molecule has 1 aliphatic heterocycles. The van der Waals surface area contributed by atoms with Gasteiger partial charge in [-0.1, -0.05) is 19.8 Å². The topological polar surface area (TPSA) is 58.6 Å². The molecular formula is C17H26N2O3S. The van der Waals surface area contributed by atoms with E-state index in [1.807, 2.05) is 20.0 Å². The number of ether oxygens (including phenoxy) is 1. The van der Waals surface area contributed by atoms with E-state index in [0.29, 0.717) is 23.2 Å². The zero-order valence-corrected chi connectivity index (χ0v) is 14.9. The lowest BCUT2D eigenvalue weighted by Crippen LogP contribution is -2.41. The molecule has 1 aromatic rings. The summed E-state index contributed by atoms with van der Waals surface area (Å²) >= 11 is 0. The molecular weight excluding hydrogens is 312 g/mol. The van der Waals surface area contributed by atoms with Gasteiger partial charge in [-0.2, -0.15) is 0 Å². The molecule has 0 unspecified atom stereocenters. The first kappa shape index (κ1) is 16.6. The third kappa shape index (κ3) is 3.33. The van der Waals surface area contributed by atoms with Gasteiger partial charge in [0.2, 0.25) is 10.0 Å². The molecule has 6 heteroatoms. The number of nitrogens with one attached hydrogen (secondary N) is 1. The molecule has 1 aromatic carbocycles. The molecule has 0 aromatic heterocycles. The van der Waals surface area contributed by atoms with E-state index in [9.17, 15) is 8.42 Å². The Kier molecular flexibility index (Phi) is 4.56. The lowest BCUT2D eigenvalue weighted by Gasteiger charge is -2.31. The van der Waals surface area contributed by atoms with E-state index < -0.39 is 10.0 Å². The van der Waals surface area contributed by atoms with Gasteiger partial charge in [0.15, 0.2) is 0 Å². The second-order valence-electron chi connectivity index (χ2n) is 6.84. The van der Waals surface area contributed by atoms with Crippen molar-refractivity contribution in [1.82, 2.24) is 4.72 Å². The highest BCUT2D eigenvalue weighted by atomic mass is 32.2. The molecule has 1 saturated carbocycles. The highest BCUT2D eigenvalue weighted by Gasteiger charge is 2.29. The van der Waals surface area contributed by atoms with Gasteiger partial charge in [0.25, 0.3) is 0 Å². The van der Waals surface area contributed by atoms with Crippen LogP contribution in [0.5, 0.6) is 5.75 Å². The molecule has 1 N–H and O–H groups in total. The van der Waals surface area contributed by atoms with Gasteiger partial charge in [-0.25, -0.2) is 13.1 Å². The molecule has 0 bridgehead atoms. The van der Waals surface area contributed by atoms with Gasteiger partial charge in [-0.3, -0.25) is 0 Å². The fourth-order valence-electron chi connectivity index (χ4n) is 3.52. The maximum absolute atomic E-state index is 12.9. The van der Waals surface area contributed by atoms with E-state index in [1.165, 1.54) is 6.42 Å². The fraction of sp³-hybridized carbons (Fsp3) is 0.647. The van der Waals surface area contributed by atoms with Crippen molar-refractivity contribution in [1.29, 1.82) is 0 Å². The molecule has 0 spiro atoms. The number of rotatable bonds is 3. The minimum Gasteiger partial charge on any atom is -0.490 e. The van der Waals surface area contributed by atoms with Crippen molar-refractivity contribution in [2.45, 2.75) is 50.5 Å². The molecule has 5 nitrogen and oxygen atoms in total. The summed E-state index contributed by atoms with van der Waals surface area (Å²) in [7, 11) is -1.53. The summed E-state index contributed by atoms with van der Waals surface area (Å²) in [4.78, 5) is 2.43. The van der Waals surface area contributed by atoms with Crippen molar-refractivity contribution >= 4 is 15.7 Å². The summed E-state index contributed by atoms with van der Waals surface area (Å²) in [5.41, 5.74) is 1.72. The summed E-state index contributed by atoms with van der Waals surface area (Å²) < 4.78 is 34.3. The quantitative estimate of drug-likeness (QED) is 0.920. The van der Waals surface area contributed by atoms with E-state index in [1.54, 1.807) is 6.07 Å². The lowest BCUT2D eigenvalue weighted by molar-refractivity contribution is 0.308. The molecule has 0 saturated heterocycles. The van der Waals surface area contributed by atoms with Crippen LogP contribution >= 0.6 is 0 Å². The summed E-state index contributed by atoms with van der Waals surface area (Å²) in [6, 6.07) is 3.62. The molecule has 1 aliphatic carbocycles.